The number of benzene rings is 1. The van der Waals surface area contributed by atoms with Gasteiger partial charge in [-0.3, -0.25) is 9.69 Å². The molecule has 1 aliphatic heterocycles. The van der Waals surface area contributed by atoms with Gasteiger partial charge in [0, 0.05) is 39.3 Å². The molecule has 0 spiro atoms. The number of hydrogen-bond donors (Lipinski definition) is 0. The molecule has 1 amide bonds. The molecule has 164 valence electrons. The van der Waals surface area contributed by atoms with E-state index >= 15 is 0 Å². The predicted octanol–water partition coefficient (Wildman–Crippen LogP) is 2.31. The summed E-state index contributed by atoms with van der Waals surface area (Å²) < 4.78 is 15.9. The van der Waals surface area contributed by atoms with E-state index in [1.165, 1.54) is 6.07 Å². The minimum atomic E-state index is -0.354. The van der Waals surface area contributed by atoms with Crippen molar-refractivity contribution in [2.75, 3.05) is 50.7 Å². The molecule has 4 rings (SSSR count). The van der Waals surface area contributed by atoms with Crippen molar-refractivity contribution >= 4 is 17.4 Å². The molecule has 0 radical (unpaired) electrons. The van der Waals surface area contributed by atoms with Crippen molar-refractivity contribution in [2.45, 2.75) is 20.3 Å². The van der Waals surface area contributed by atoms with Crippen LogP contribution in [-0.2, 0) is 4.79 Å². The Morgan fingerprint density at radius 3 is 2.61 bits per heavy atom. The topological polar surface area (TPSA) is 69.9 Å². The van der Waals surface area contributed by atoms with Crippen LogP contribution in [0.25, 0.3) is 17.0 Å². The van der Waals surface area contributed by atoms with Gasteiger partial charge in [0.25, 0.3) is 0 Å². The van der Waals surface area contributed by atoms with Gasteiger partial charge in [-0.05, 0) is 44.5 Å². The van der Waals surface area contributed by atoms with Crippen LogP contribution < -0.4 is 4.90 Å². The third kappa shape index (κ3) is 4.51. The van der Waals surface area contributed by atoms with E-state index in [0.29, 0.717) is 23.6 Å². The van der Waals surface area contributed by atoms with Gasteiger partial charge in [-0.1, -0.05) is 12.1 Å². The van der Waals surface area contributed by atoms with E-state index in [1.54, 1.807) is 22.7 Å². The molecule has 3 heterocycles. The van der Waals surface area contributed by atoms with Crippen molar-refractivity contribution < 1.29 is 9.18 Å². The summed E-state index contributed by atoms with van der Waals surface area (Å²) in [6, 6.07) is 10.3. The zero-order valence-electron chi connectivity index (χ0n) is 18.0. The highest BCUT2D eigenvalue weighted by Crippen LogP contribution is 2.22. The monoisotopic (exact) mass is 425 g/mol. The van der Waals surface area contributed by atoms with E-state index in [2.05, 4.69) is 20.0 Å². The Kier molecular flexibility index (Phi) is 6.41. The fraction of sp³-hybridized carbons (Fsp3) is 0.455. The molecular formula is C22H28FN7O. The van der Waals surface area contributed by atoms with E-state index in [0.717, 1.165) is 51.5 Å². The first-order valence-corrected chi connectivity index (χ1v) is 10.8. The number of rotatable bonds is 6. The quantitative estimate of drug-likeness (QED) is 0.604. The van der Waals surface area contributed by atoms with Crippen LogP contribution in [0.3, 0.4) is 0 Å². The van der Waals surface area contributed by atoms with E-state index in [9.17, 15) is 9.18 Å². The summed E-state index contributed by atoms with van der Waals surface area (Å²) in [4.78, 5) is 18.7. The standard InChI is InChI=1S/C22H28FN7O/c1-3-28(4-2)21(31)16-27-12-7-13-29(15-14-27)20-11-10-19-24-25-22(30(19)26-20)17-8-5-6-9-18(17)23/h5-6,8-11H,3-4,7,12-16H2,1-2H3. The number of hydrogen-bond acceptors (Lipinski definition) is 6. The Morgan fingerprint density at radius 2 is 1.84 bits per heavy atom. The van der Waals surface area contributed by atoms with E-state index in [4.69, 9.17) is 5.10 Å². The van der Waals surface area contributed by atoms with Crippen molar-refractivity contribution in [3.05, 3.63) is 42.2 Å². The number of halogens is 1. The molecule has 0 aliphatic carbocycles. The number of likely N-dealkylation sites (N-methyl/N-ethyl adjacent to an activating group) is 1. The van der Waals surface area contributed by atoms with E-state index in [1.807, 2.05) is 30.9 Å². The maximum Gasteiger partial charge on any atom is 0.236 e. The number of aromatic nitrogens is 4. The minimum Gasteiger partial charge on any atom is -0.354 e. The minimum absolute atomic E-state index is 0.178. The van der Waals surface area contributed by atoms with Gasteiger partial charge in [-0.2, -0.15) is 4.52 Å². The Hall–Kier alpha value is -3.07. The third-order valence-electron chi connectivity index (χ3n) is 5.75. The summed E-state index contributed by atoms with van der Waals surface area (Å²) in [5, 5.41) is 13.0. The number of fused-ring (bicyclic) bond motifs is 1. The number of amides is 1. The van der Waals surface area contributed by atoms with Crippen molar-refractivity contribution in [3.63, 3.8) is 0 Å². The van der Waals surface area contributed by atoms with Gasteiger partial charge in [-0.15, -0.1) is 15.3 Å². The lowest BCUT2D eigenvalue weighted by Gasteiger charge is -2.25. The van der Waals surface area contributed by atoms with Gasteiger partial charge in [0.1, 0.15) is 11.6 Å². The smallest absolute Gasteiger partial charge is 0.236 e. The van der Waals surface area contributed by atoms with Crippen LogP contribution in [0.4, 0.5) is 10.2 Å². The van der Waals surface area contributed by atoms with Gasteiger partial charge in [0.15, 0.2) is 11.5 Å². The van der Waals surface area contributed by atoms with Gasteiger partial charge in [0.05, 0.1) is 12.1 Å². The van der Waals surface area contributed by atoms with Gasteiger partial charge < -0.3 is 9.80 Å². The fourth-order valence-electron chi connectivity index (χ4n) is 3.98. The van der Waals surface area contributed by atoms with E-state index < -0.39 is 0 Å². The second-order valence-electron chi connectivity index (χ2n) is 7.65. The second-order valence-corrected chi connectivity index (χ2v) is 7.65. The molecule has 0 saturated carbocycles. The molecule has 0 N–H and O–H groups in total. The molecule has 1 saturated heterocycles. The molecule has 1 aliphatic rings. The van der Waals surface area contributed by atoms with Crippen molar-refractivity contribution in [1.29, 1.82) is 0 Å². The molecular weight excluding hydrogens is 397 g/mol. The number of anilines is 1. The third-order valence-corrected chi connectivity index (χ3v) is 5.75. The molecule has 0 bridgehead atoms. The average molecular weight is 426 g/mol. The molecule has 3 aromatic rings. The lowest BCUT2D eigenvalue weighted by Crippen LogP contribution is -2.41. The predicted molar refractivity (Wildman–Crippen MR) is 117 cm³/mol. The highest BCUT2D eigenvalue weighted by atomic mass is 19.1. The van der Waals surface area contributed by atoms with Crippen molar-refractivity contribution in [2.24, 2.45) is 0 Å². The van der Waals surface area contributed by atoms with Crippen LogP contribution in [0.5, 0.6) is 0 Å². The van der Waals surface area contributed by atoms with Crippen LogP contribution in [0.2, 0.25) is 0 Å². The Balaban J connectivity index is 1.51. The van der Waals surface area contributed by atoms with Crippen LogP contribution in [-0.4, -0.2) is 81.3 Å². The Morgan fingerprint density at radius 1 is 1.03 bits per heavy atom. The summed E-state index contributed by atoms with van der Waals surface area (Å²) in [6.07, 6.45) is 0.938. The van der Waals surface area contributed by atoms with Gasteiger partial charge in [0.2, 0.25) is 5.91 Å². The maximum absolute atomic E-state index is 14.3. The summed E-state index contributed by atoms with van der Waals surface area (Å²) in [6.45, 7) is 9.21. The molecule has 31 heavy (non-hydrogen) atoms. The zero-order chi connectivity index (χ0) is 21.8. The van der Waals surface area contributed by atoms with Gasteiger partial charge in [-0.25, -0.2) is 4.39 Å². The number of carbonyl (C=O) groups is 1. The first kappa shape index (κ1) is 21.2. The largest absolute Gasteiger partial charge is 0.354 e. The summed E-state index contributed by atoms with van der Waals surface area (Å²) in [7, 11) is 0. The number of nitrogens with zero attached hydrogens (tertiary/aromatic N) is 7. The lowest BCUT2D eigenvalue weighted by molar-refractivity contribution is -0.132. The molecule has 1 fully saturated rings. The SMILES string of the molecule is CCN(CC)C(=O)CN1CCCN(c2ccc3nnc(-c4ccccc4F)n3n2)CC1. The van der Waals surface area contributed by atoms with Crippen LogP contribution in [0.1, 0.15) is 20.3 Å². The zero-order valence-corrected chi connectivity index (χ0v) is 18.0. The summed E-state index contributed by atoms with van der Waals surface area (Å²) >= 11 is 0. The Labute approximate surface area is 181 Å². The van der Waals surface area contributed by atoms with E-state index in [-0.39, 0.29) is 11.7 Å². The lowest BCUT2D eigenvalue weighted by atomic mass is 10.2. The normalized spacial score (nSPS) is 15.3. The summed E-state index contributed by atoms with van der Waals surface area (Å²) in [5.74, 6) is 1.00. The molecule has 0 unspecified atom stereocenters. The van der Waals surface area contributed by atoms with Gasteiger partial charge >= 0.3 is 0 Å². The van der Waals surface area contributed by atoms with Crippen molar-refractivity contribution in [1.82, 2.24) is 29.6 Å². The van der Waals surface area contributed by atoms with Crippen LogP contribution >= 0.6 is 0 Å². The molecule has 8 nitrogen and oxygen atoms in total. The fourth-order valence-corrected chi connectivity index (χ4v) is 3.98. The van der Waals surface area contributed by atoms with Crippen LogP contribution in [0.15, 0.2) is 36.4 Å². The second kappa shape index (κ2) is 9.38. The first-order chi connectivity index (χ1) is 15.1. The molecule has 0 atom stereocenters. The average Bonchev–Trinajstić information content (AvgIpc) is 3.05. The van der Waals surface area contributed by atoms with Crippen molar-refractivity contribution in [3.8, 4) is 11.4 Å². The summed E-state index contributed by atoms with van der Waals surface area (Å²) in [5.41, 5.74) is 0.944. The number of carbonyl (C=O) groups excluding carboxylic acids is 1. The highest BCUT2D eigenvalue weighted by Gasteiger charge is 2.21. The maximum atomic E-state index is 14.3. The Bertz CT molecular complexity index is 1050. The van der Waals surface area contributed by atoms with Crippen LogP contribution in [0, 0.1) is 5.82 Å². The molecule has 9 heteroatoms. The highest BCUT2D eigenvalue weighted by molar-refractivity contribution is 5.78. The first-order valence-electron chi connectivity index (χ1n) is 10.8. The molecule has 2 aromatic heterocycles. The molecule has 1 aromatic carbocycles.